The van der Waals surface area contributed by atoms with Gasteiger partial charge in [0.15, 0.2) is 5.82 Å². The maximum Gasteiger partial charge on any atom is 0.231 e. The van der Waals surface area contributed by atoms with Crippen molar-refractivity contribution in [2.75, 3.05) is 18.1 Å². The van der Waals surface area contributed by atoms with Gasteiger partial charge in [-0.15, -0.1) is 16.6 Å². The standard InChI is InChI=1S/C13H12ClN5OS/c1-2-7-16-11(20)8-21-13-18-17-12(19(13)15)9-3-5-10(14)6-4-9/h1,3-6H,7-8,15H2,(H,16,20). The maximum atomic E-state index is 11.5. The third-order valence-electron chi connectivity index (χ3n) is 2.49. The number of hydrogen-bond donors (Lipinski definition) is 2. The third kappa shape index (κ3) is 3.90. The lowest BCUT2D eigenvalue weighted by Crippen LogP contribution is -2.25. The molecule has 0 aliphatic carbocycles. The summed E-state index contributed by atoms with van der Waals surface area (Å²) in [5.41, 5.74) is 0.790. The smallest absolute Gasteiger partial charge is 0.231 e. The largest absolute Gasteiger partial charge is 0.344 e. The summed E-state index contributed by atoms with van der Waals surface area (Å²) in [7, 11) is 0. The van der Waals surface area contributed by atoms with E-state index in [1.807, 2.05) is 0 Å². The van der Waals surface area contributed by atoms with Gasteiger partial charge in [0, 0.05) is 10.6 Å². The lowest BCUT2D eigenvalue weighted by atomic mass is 10.2. The van der Waals surface area contributed by atoms with Crippen molar-refractivity contribution in [3.63, 3.8) is 0 Å². The number of terminal acetylenes is 1. The Kier molecular flexibility index (Phi) is 5.09. The van der Waals surface area contributed by atoms with Crippen LogP contribution in [0, 0.1) is 12.3 Å². The van der Waals surface area contributed by atoms with E-state index in [4.69, 9.17) is 23.9 Å². The van der Waals surface area contributed by atoms with Gasteiger partial charge >= 0.3 is 0 Å². The molecule has 108 valence electrons. The minimum atomic E-state index is -0.186. The Hall–Kier alpha value is -2.17. The molecule has 2 aromatic rings. The number of thioether (sulfide) groups is 1. The Morgan fingerprint density at radius 1 is 1.43 bits per heavy atom. The molecule has 0 aliphatic rings. The predicted octanol–water partition coefficient (Wildman–Crippen LogP) is 1.15. The van der Waals surface area contributed by atoms with E-state index < -0.39 is 0 Å². The first-order valence-electron chi connectivity index (χ1n) is 5.91. The van der Waals surface area contributed by atoms with E-state index >= 15 is 0 Å². The second kappa shape index (κ2) is 7.02. The first-order valence-corrected chi connectivity index (χ1v) is 7.27. The fourth-order valence-corrected chi connectivity index (χ4v) is 2.31. The summed E-state index contributed by atoms with van der Waals surface area (Å²) in [6, 6.07) is 7.07. The molecule has 0 radical (unpaired) electrons. The molecule has 1 heterocycles. The molecule has 0 unspecified atom stereocenters. The molecule has 2 rings (SSSR count). The second-order valence-electron chi connectivity index (χ2n) is 3.95. The molecule has 1 amide bonds. The van der Waals surface area contributed by atoms with Crippen LogP contribution in [0.2, 0.25) is 5.02 Å². The van der Waals surface area contributed by atoms with Crippen LogP contribution in [0.4, 0.5) is 0 Å². The molecule has 8 heteroatoms. The fourth-order valence-electron chi connectivity index (χ4n) is 1.50. The fraction of sp³-hybridized carbons (Fsp3) is 0.154. The van der Waals surface area contributed by atoms with Crippen molar-refractivity contribution in [1.29, 1.82) is 0 Å². The Balaban J connectivity index is 2.05. The van der Waals surface area contributed by atoms with Gasteiger partial charge in [0.25, 0.3) is 0 Å². The normalized spacial score (nSPS) is 10.1. The highest BCUT2D eigenvalue weighted by molar-refractivity contribution is 7.99. The zero-order valence-electron chi connectivity index (χ0n) is 10.9. The zero-order chi connectivity index (χ0) is 15.2. The number of nitrogens with zero attached hydrogens (tertiary/aromatic N) is 3. The summed E-state index contributed by atoms with van der Waals surface area (Å²) in [6.45, 7) is 0.199. The summed E-state index contributed by atoms with van der Waals surface area (Å²) >= 11 is 7.02. The average Bonchev–Trinajstić information content (AvgIpc) is 2.85. The number of carbonyl (C=O) groups excluding carboxylic acids is 1. The molecule has 0 spiro atoms. The van der Waals surface area contributed by atoms with Crippen molar-refractivity contribution in [2.24, 2.45) is 0 Å². The number of aromatic nitrogens is 3. The lowest BCUT2D eigenvalue weighted by molar-refractivity contribution is -0.118. The summed E-state index contributed by atoms with van der Waals surface area (Å²) in [4.78, 5) is 11.5. The van der Waals surface area contributed by atoms with Gasteiger partial charge in [-0.25, -0.2) is 4.68 Å². The van der Waals surface area contributed by atoms with Gasteiger partial charge in [0.05, 0.1) is 12.3 Å². The molecule has 1 aromatic carbocycles. The number of benzene rings is 1. The summed E-state index contributed by atoms with van der Waals surface area (Å²) < 4.78 is 1.34. The van der Waals surface area contributed by atoms with E-state index in [1.165, 1.54) is 16.4 Å². The van der Waals surface area contributed by atoms with Crippen molar-refractivity contribution >= 4 is 29.3 Å². The van der Waals surface area contributed by atoms with Crippen LogP contribution in [0.15, 0.2) is 29.4 Å². The van der Waals surface area contributed by atoms with E-state index in [2.05, 4.69) is 21.4 Å². The topological polar surface area (TPSA) is 85.8 Å². The third-order valence-corrected chi connectivity index (χ3v) is 3.68. The minimum Gasteiger partial charge on any atom is -0.344 e. The number of halogens is 1. The van der Waals surface area contributed by atoms with Crippen LogP contribution >= 0.6 is 23.4 Å². The van der Waals surface area contributed by atoms with Gasteiger partial charge in [-0.3, -0.25) is 4.79 Å². The molecule has 0 atom stereocenters. The van der Waals surface area contributed by atoms with Crippen LogP contribution in [0.3, 0.4) is 0 Å². The summed E-state index contributed by atoms with van der Waals surface area (Å²) in [5.74, 6) is 8.74. The molecule has 21 heavy (non-hydrogen) atoms. The molecular formula is C13H12ClN5OS. The Morgan fingerprint density at radius 2 is 2.14 bits per heavy atom. The van der Waals surface area contributed by atoms with Gasteiger partial charge < -0.3 is 11.2 Å². The monoisotopic (exact) mass is 321 g/mol. The molecule has 3 N–H and O–H groups in total. The zero-order valence-corrected chi connectivity index (χ0v) is 12.5. The number of hydrogen-bond acceptors (Lipinski definition) is 5. The van der Waals surface area contributed by atoms with Gasteiger partial charge in [0.1, 0.15) is 0 Å². The SMILES string of the molecule is C#CCNC(=O)CSc1nnc(-c2ccc(Cl)cc2)n1N. The van der Waals surface area contributed by atoms with Gasteiger partial charge in [-0.05, 0) is 24.3 Å². The van der Waals surface area contributed by atoms with Crippen LogP contribution < -0.4 is 11.2 Å². The Labute approximate surface area is 131 Å². The van der Waals surface area contributed by atoms with E-state index in [-0.39, 0.29) is 18.2 Å². The van der Waals surface area contributed by atoms with E-state index in [0.29, 0.717) is 16.0 Å². The van der Waals surface area contributed by atoms with Crippen LogP contribution in [0.1, 0.15) is 0 Å². The molecule has 0 saturated carbocycles. The first kappa shape index (κ1) is 15.2. The van der Waals surface area contributed by atoms with E-state index in [9.17, 15) is 4.79 Å². The number of amides is 1. The summed E-state index contributed by atoms with van der Waals surface area (Å²) in [5, 5.41) is 11.6. The number of nitrogens with two attached hydrogens (primary N) is 1. The highest BCUT2D eigenvalue weighted by atomic mass is 35.5. The molecule has 0 fully saturated rings. The van der Waals surface area contributed by atoms with E-state index in [0.717, 1.165) is 5.56 Å². The predicted molar refractivity (Wildman–Crippen MR) is 83.2 cm³/mol. The number of carbonyl (C=O) groups is 1. The second-order valence-corrected chi connectivity index (χ2v) is 5.33. The van der Waals surface area contributed by atoms with Crippen molar-refractivity contribution in [1.82, 2.24) is 20.2 Å². The van der Waals surface area contributed by atoms with Gasteiger partial charge in [-0.2, -0.15) is 0 Å². The van der Waals surface area contributed by atoms with Gasteiger partial charge in [0.2, 0.25) is 11.1 Å². The molecular weight excluding hydrogens is 310 g/mol. The van der Waals surface area contributed by atoms with Crippen molar-refractivity contribution in [3.8, 4) is 23.7 Å². The number of nitrogens with one attached hydrogen (secondary N) is 1. The minimum absolute atomic E-state index is 0.164. The first-order chi connectivity index (χ1) is 10.1. The van der Waals surface area contributed by atoms with Crippen molar-refractivity contribution in [3.05, 3.63) is 29.3 Å². The lowest BCUT2D eigenvalue weighted by Gasteiger charge is -2.04. The molecule has 0 bridgehead atoms. The Bertz CT molecular complexity index is 677. The molecule has 1 aromatic heterocycles. The average molecular weight is 322 g/mol. The number of rotatable bonds is 5. The number of nitrogen functional groups attached to an aromatic ring is 1. The highest BCUT2D eigenvalue weighted by Gasteiger charge is 2.13. The van der Waals surface area contributed by atoms with Crippen LogP contribution in [-0.4, -0.2) is 33.1 Å². The van der Waals surface area contributed by atoms with E-state index in [1.54, 1.807) is 24.3 Å². The van der Waals surface area contributed by atoms with Crippen molar-refractivity contribution < 1.29 is 4.79 Å². The Morgan fingerprint density at radius 3 is 2.81 bits per heavy atom. The van der Waals surface area contributed by atoms with Gasteiger partial charge in [-0.1, -0.05) is 29.3 Å². The highest BCUT2D eigenvalue weighted by Crippen LogP contribution is 2.22. The van der Waals surface area contributed by atoms with Crippen LogP contribution in [0.5, 0.6) is 0 Å². The summed E-state index contributed by atoms with van der Waals surface area (Å²) in [6.07, 6.45) is 5.06. The molecule has 0 aliphatic heterocycles. The van der Waals surface area contributed by atoms with Crippen LogP contribution in [-0.2, 0) is 4.79 Å². The van der Waals surface area contributed by atoms with Crippen molar-refractivity contribution in [2.45, 2.75) is 5.16 Å². The molecule has 0 saturated heterocycles. The van der Waals surface area contributed by atoms with Crippen LogP contribution in [0.25, 0.3) is 11.4 Å². The quantitative estimate of drug-likeness (QED) is 0.490. The molecule has 6 nitrogen and oxygen atoms in total. The maximum absolute atomic E-state index is 11.5.